The minimum absolute atomic E-state index is 0.156. The van der Waals surface area contributed by atoms with Crippen LogP contribution in [0.25, 0.3) is 0 Å². The van der Waals surface area contributed by atoms with Crippen LogP contribution in [-0.2, 0) is 0 Å². The van der Waals surface area contributed by atoms with Crippen molar-refractivity contribution < 1.29 is 9.66 Å². The Balaban J connectivity index is 2.17. The van der Waals surface area contributed by atoms with E-state index in [1.54, 1.807) is 7.05 Å². The highest BCUT2D eigenvalue weighted by atomic mass is 16.6. The van der Waals surface area contributed by atoms with E-state index in [1.165, 1.54) is 0 Å². The standard InChI is InChI=1S/C13H15N5O3/c1-3-21-10-6-4-9(5-7-10)16-13-15-8-11(18(19)20)12(14-2)17-13/h4-8H,3H2,1-2H3,(H2,14,15,16,17). The average Bonchev–Trinajstić information content (AvgIpc) is 2.49. The normalized spacial score (nSPS) is 10.0. The summed E-state index contributed by atoms with van der Waals surface area (Å²) in [6.45, 7) is 2.51. The summed E-state index contributed by atoms with van der Waals surface area (Å²) < 4.78 is 5.35. The van der Waals surface area contributed by atoms with E-state index in [0.717, 1.165) is 17.6 Å². The summed E-state index contributed by atoms with van der Waals surface area (Å²) in [6, 6.07) is 7.26. The van der Waals surface area contributed by atoms with Crippen molar-refractivity contribution in [2.24, 2.45) is 0 Å². The average molecular weight is 289 g/mol. The van der Waals surface area contributed by atoms with Gasteiger partial charge in [0.25, 0.3) is 0 Å². The van der Waals surface area contributed by atoms with Crippen molar-refractivity contribution in [2.45, 2.75) is 6.92 Å². The van der Waals surface area contributed by atoms with E-state index in [0.29, 0.717) is 6.61 Å². The monoisotopic (exact) mass is 289 g/mol. The SMILES string of the molecule is CCOc1ccc(Nc2ncc([N+](=O)[O-])c(NC)n2)cc1. The summed E-state index contributed by atoms with van der Waals surface area (Å²) in [7, 11) is 1.57. The first-order valence-electron chi connectivity index (χ1n) is 6.33. The molecule has 0 bridgehead atoms. The van der Waals surface area contributed by atoms with E-state index in [9.17, 15) is 10.1 Å². The predicted molar refractivity (Wildman–Crippen MR) is 79.1 cm³/mol. The van der Waals surface area contributed by atoms with Crippen molar-refractivity contribution in [2.75, 3.05) is 24.3 Å². The van der Waals surface area contributed by atoms with Gasteiger partial charge in [-0.2, -0.15) is 4.98 Å². The van der Waals surface area contributed by atoms with Crippen LogP contribution in [-0.4, -0.2) is 28.5 Å². The molecule has 0 saturated heterocycles. The zero-order valence-corrected chi connectivity index (χ0v) is 11.7. The zero-order valence-electron chi connectivity index (χ0n) is 11.7. The number of aromatic nitrogens is 2. The van der Waals surface area contributed by atoms with Gasteiger partial charge in [0.1, 0.15) is 11.9 Å². The van der Waals surface area contributed by atoms with Gasteiger partial charge < -0.3 is 15.4 Å². The number of nitrogens with one attached hydrogen (secondary N) is 2. The molecule has 0 aliphatic rings. The number of rotatable bonds is 6. The van der Waals surface area contributed by atoms with E-state index >= 15 is 0 Å². The Morgan fingerprint density at radius 1 is 1.33 bits per heavy atom. The van der Waals surface area contributed by atoms with Gasteiger partial charge in [-0.3, -0.25) is 10.1 Å². The van der Waals surface area contributed by atoms with Gasteiger partial charge in [-0.1, -0.05) is 0 Å². The molecule has 110 valence electrons. The molecule has 8 nitrogen and oxygen atoms in total. The van der Waals surface area contributed by atoms with Crippen LogP contribution >= 0.6 is 0 Å². The zero-order chi connectivity index (χ0) is 15.2. The molecular formula is C13H15N5O3. The summed E-state index contributed by atoms with van der Waals surface area (Å²) >= 11 is 0. The maximum atomic E-state index is 10.8. The molecule has 8 heteroatoms. The molecule has 1 heterocycles. The van der Waals surface area contributed by atoms with Gasteiger partial charge in [0.05, 0.1) is 11.5 Å². The maximum absolute atomic E-state index is 10.8. The van der Waals surface area contributed by atoms with E-state index in [4.69, 9.17) is 4.74 Å². The molecule has 2 N–H and O–H groups in total. The number of anilines is 3. The fraction of sp³-hybridized carbons (Fsp3) is 0.231. The Morgan fingerprint density at radius 2 is 2.05 bits per heavy atom. The Kier molecular flexibility index (Phi) is 4.50. The second kappa shape index (κ2) is 6.51. The summed E-state index contributed by atoms with van der Waals surface area (Å²) in [5.74, 6) is 1.20. The Bertz CT molecular complexity index is 630. The lowest BCUT2D eigenvalue weighted by atomic mass is 10.3. The quantitative estimate of drug-likeness (QED) is 0.622. The van der Waals surface area contributed by atoms with Gasteiger partial charge in [-0.25, -0.2) is 4.98 Å². The molecule has 0 unspecified atom stereocenters. The summed E-state index contributed by atoms with van der Waals surface area (Å²) in [5, 5.41) is 16.5. The Labute approximate surface area is 121 Å². The van der Waals surface area contributed by atoms with Crippen molar-refractivity contribution in [1.29, 1.82) is 0 Å². The molecule has 0 amide bonds. The number of hydrogen-bond acceptors (Lipinski definition) is 7. The van der Waals surface area contributed by atoms with Crippen LogP contribution in [0.4, 0.5) is 23.1 Å². The summed E-state index contributed by atoms with van der Waals surface area (Å²) in [6.07, 6.45) is 1.16. The Morgan fingerprint density at radius 3 is 2.62 bits per heavy atom. The molecule has 1 aromatic heterocycles. The van der Waals surface area contributed by atoms with Gasteiger partial charge in [0.2, 0.25) is 11.8 Å². The molecular weight excluding hydrogens is 274 g/mol. The van der Waals surface area contributed by atoms with Crippen LogP contribution in [0.15, 0.2) is 30.5 Å². The van der Waals surface area contributed by atoms with Gasteiger partial charge in [0, 0.05) is 12.7 Å². The Hall–Kier alpha value is -2.90. The molecule has 0 saturated carbocycles. The highest BCUT2D eigenvalue weighted by molar-refractivity contribution is 5.60. The molecule has 0 fully saturated rings. The largest absolute Gasteiger partial charge is 0.494 e. The summed E-state index contributed by atoms with van der Waals surface area (Å²) in [5.41, 5.74) is 0.587. The molecule has 0 aliphatic heterocycles. The maximum Gasteiger partial charge on any atom is 0.329 e. The van der Waals surface area contributed by atoms with Crippen LogP contribution in [0, 0.1) is 10.1 Å². The molecule has 1 aromatic carbocycles. The molecule has 2 aromatic rings. The van der Waals surface area contributed by atoms with Crippen LogP contribution in [0.2, 0.25) is 0 Å². The number of nitrogens with zero attached hydrogens (tertiary/aromatic N) is 3. The lowest BCUT2D eigenvalue weighted by molar-refractivity contribution is -0.384. The molecule has 0 atom stereocenters. The lowest BCUT2D eigenvalue weighted by Crippen LogP contribution is -2.04. The van der Waals surface area contributed by atoms with E-state index < -0.39 is 4.92 Å². The van der Waals surface area contributed by atoms with Crippen molar-refractivity contribution in [3.05, 3.63) is 40.6 Å². The second-order valence-electron chi connectivity index (χ2n) is 4.02. The molecule has 21 heavy (non-hydrogen) atoms. The van der Waals surface area contributed by atoms with E-state index in [1.807, 2.05) is 31.2 Å². The lowest BCUT2D eigenvalue weighted by Gasteiger charge is -2.08. The molecule has 0 spiro atoms. The predicted octanol–water partition coefficient (Wildman–Crippen LogP) is 2.57. The van der Waals surface area contributed by atoms with Crippen molar-refractivity contribution in [3.63, 3.8) is 0 Å². The smallest absolute Gasteiger partial charge is 0.329 e. The minimum Gasteiger partial charge on any atom is -0.494 e. The van der Waals surface area contributed by atoms with Gasteiger partial charge >= 0.3 is 5.69 Å². The number of ether oxygens (including phenoxy) is 1. The molecule has 2 rings (SSSR count). The van der Waals surface area contributed by atoms with Crippen LogP contribution in [0.3, 0.4) is 0 Å². The molecule has 0 radical (unpaired) electrons. The topological polar surface area (TPSA) is 102 Å². The minimum atomic E-state index is -0.535. The fourth-order valence-corrected chi connectivity index (χ4v) is 1.68. The van der Waals surface area contributed by atoms with Crippen molar-refractivity contribution in [3.8, 4) is 5.75 Å². The highest BCUT2D eigenvalue weighted by Gasteiger charge is 2.15. The van der Waals surface area contributed by atoms with Crippen molar-refractivity contribution in [1.82, 2.24) is 9.97 Å². The number of nitro groups is 1. The third-order valence-corrected chi connectivity index (χ3v) is 2.62. The molecule has 0 aliphatic carbocycles. The first-order chi connectivity index (χ1) is 10.1. The third-order valence-electron chi connectivity index (χ3n) is 2.62. The van der Waals surface area contributed by atoms with Crippen molar-refractivity contribution >= 4 is 23.1 Å². The first kappa shape index (κ1) is 14.5. The second-order valence-corrected chi connectivity index (χ2v) is 4.02. The van der Waals surface area contributed by atoms with Crippen LogP contribution in [0.1, 0.15) is 6.92 Å². The van der Waals surface area contributed by atoms with Gasteiger partial charge in [-0.05, 0) is 31.2 Å². The van der Waals surface area contributed by atoms with Gasteiger partial charge in [0.15, 0.2) is 0 Å². The van der Waals surface area contributed by atoms with Gasteiger partial charge in [-0.15, -0.1) is 0 Å². The highest BCUT2D eigenvalue weighted by Crippen LogP contribution is 2.23. The summed E-state index contributed by atoms with van der Waals surface area (Å²) in [4.78, 5) is 18.3. The van der Waals surface area contributed by atoms with E-state index in [2.05, 4.69) is 20.6 Å². The number of benzene rings is 1. The first-order valence-corrected chi connectivity index (χ1v) is 6.33. The fourth-order valence-electron chi connectivity index (χ4n) is 1.68. The van der Waals surface area contributed by atoms with Crippen LogP contribution < -0.4 is 15.4 Å². The number of hydrogen-bond donors (Lipinski definition) is 2. The van der Waals surface area contributed by atoms with E-state index in [-0.39, 0.29) is 17.5 Å². The van der Waals surface area contributed by atoms with Crippen LogP contribution in [0.5, 0.6) is 5.75 Å². The third kappa shape index (κ3) is 3.56.